The Bertz CT molecular complexity index is 1190. The predicted octanol–water partition coefficient (Wildman–Crippen LogP) is 4.41. The number of halogens is 3. The molecule has 0 bridgehead atoms. The number of rotatable bonds is 5. The van der Waals surface area contributed by atoms with Crippen LogP contribution in [0, 0.1) is 0 Å². The molecule has 0 saturated carbocycles. The standard InChI is InChI=1S/C22H23F3N4O2S/c1-12(2)16-15(22(23,24)25)18-17(20(31)27-16)28-21(32-18)29-10-6-9-14(29)19(30)26-11-13-7-4-3-5-8-13/h3-5,7-8,12,14H,6,9-11H2,1-2H3,(H,26,30)(H,27,31). The van der Waals surface area contributed by atoms with Gasteiger partial charge in [-0.15, -0.1) is 0 Å². The number of anilines is 1. The van der Waals surface area contributed by atoms with Crippen LogP contribution in [-0.2, 0) is 17.5 Å². The first kappa shape index (κ1) is 22.3. The van der Waals surface area contributed by atoms with Crippen LogP contribution in [0.2, 0.25) is 0 Å². The fourth-order valence-corrected chi connectivity index (χ4v) is 5.22. The minimum Gasteiger partial charge on any atom is -0.350 e. The van der Waals surface area contributed by atoms with Crippen molar-refractivity contribution in [3.63, 3.8) is 0 Å². The maximum atomic E-state index is 13.9. The summed E-state index contributed by atoms with van der Waals surface area (Å²) in [6.45, 7) is 4.04. The van der Waals surface area contributed by atoms with E-state index in [2.05, 4.69) is 15.3 Å². The quantitative estimate of drug-likeness (QED) is 0.586. The van der Waals surface area contributed by atoms with Crippen LogP contribution in [0.5, 0.6) is 0 Å². The van der Waals surface area contributed by atoms with E-state index in [-0.39, 0.29) is 26.9 Å². The summed E-state index contributed by atoms with van der Waals surface area (Å²) in [6.07, 6.45) is -3.36. The highest BCUT2D eigenvalue weighted by Crippen LogP contribution is 2.42. The predicted molar refractivity (Wildman–Crippen MR) is 118 cm³/mol. The second kappa shape index (κ2) is 8.57. The molecule has 0 spiro atoms. The number of nitrogens with one attached hydrogen (secondary N) is 2. The molecular weight excluding hydrogens is 441 g/mol. The van der Waals surface area contributed by atoms with Crippen molar-refractivity contribution >= 4 is 32.6 Å². The largest absolute Gasteiger partial charge is 0.419 e. The number of thiazole rings is 1. The zero-order valence-electron chi connectivity index (χ0n) is 17.6. The van der Waals surface area contributed by atoms with Crippen LogP contribution in [-0.4, -0.2) is 28.5 Å². The van der Waals surface area contributed by atoms with E-state index in [1.165, 1.54) is 0 Å². The van der Waals surface area contributed by atoms with Gasteiger partial charge in [-0.1, -0.05) is 55.5 Å². The van der Waals surface area contributed by atoms with Gasteiger partial charge in [0.1, 0.15) is 11.6 Å². The Hall–Kier alpha value is -2.88. The number of aromatic nitrogens is 2. The average molecular weight is 465 g/mol. The second-order valence-electron chi connectivity index (χ2n) is 8.12. The van der Waals surface area contributed by atoms with Crippen LogP contribution in [0.1, 0.15) is 49.4 Å². The molecular formula is C22H23F3N4O2S. The van der Waals surface area contributed by atoms with Crippen molar-refractivity contribution in [3.8, 4) is 0 Å². The molecule has 1 amide bonds. The summed E-state index contributed by atoms with van der Waals surface area (Å²) in [4.78, 5) is 33.7. The fraction of sp³-hybridized carbons (Fsp3) is 0.409. The van der Waals surface area contributed by atoms with Crippen molar-refractivity contribution in [1.82, 2.24) is 15.3 Å². The van der Waals surface area contributed by atoms with E-state index in [0.29, 0.717) is 25.9 Å². The van der Waals surface area contributed by atoms with Crippen molar-refractivity contribution in [2.24, 2.45) is 0 Å². The van der Waals surface area contributed by atoms with Gasteiger partial charge >= 0.3 is 6.18 Å². The van der Waals surface area contributed by atoms with Crippen LogP contribution in [0.15, 0.2) is 35.1 Å². The van der Waals surface area contributed by atoms with Crippen LogP contribution < -0.4 is 15.8 Å². The Kier molecular flexibility index (Phi) is 5.98. The van der Waals surface area contributed by atoms with E-state index in [4.69, 9.17) is 0 Å². The minimum absolute atomic E-state index is 0.149. The zero-order valence-corrected chi connectivity index (χ0v) is 18.4. The molecule has 1 fully saturated rings. The molecule has 0 radical (unpaired) electrons. The Morgan fingerprint density at radius 1 is 1.31 bits per heavy atom. The Balaban J connectivity index is 1.67. The molecule has 10 heteroatoms. The van der Waals surface area contributed by atoms with Gasteiger partial charge in [0.05, 0.1) is 10.3 Å². The molecule has 2 N–H and O–H groups in total. The highest BCUT2D eigenvalue weighted by Gasteiger charge is 2.40. The summed E-state index contributed by atoms with van der Waals surface area (Å²) in [5, 5.41) is 3.15. The topological polar surface area (TPSA) is 78.1 Å². The Morgan fingerprint density at radius 3 is 2.69 bits per heavy atom. The zero-order chi connectivity index (χ0) is 23.0. The molecule has 1 atom stereocenters. The monoisotopic (exact) mass is 464 g/mol. The van der Waals surface area contributed by atoms with Crippen molar-refractivity contribution in [2.75, 3.05) is 11.4 Å². The number of carbonyl (C=O) groups excluding carboxylic acids is 1. The number of hydrogen-bond donors (Lipinski definition) is 2. The number of carbonyl (C=O) groups is 1. The molecule has 1 aliphatic rings. The fourth-order valence-electron chi connectivity index (χ4n) is 4.01. The van der Waals surface area contributed by atoms with Gasteiger partial charge in [0.15, 0.2) is 5.13 Å². The third kappa shape index (κ3) is 4.23. The molecule has 1 saturated heterocycles. The van der Waals surface area contributed by atoms with Crippen LogP contribution in [0.3, 0.4) is 0 Å². The summed E-state index contributed by atoms with van der Waals surface area (Å²) in [5.74, 6) is -0.726. The molecule has 6 nitrogen and oxygen atoms in total. The Morgan fingerprint density at radius 2 is 2.03 bits per heavy atom. The van der Waals surface area contributed by atoms with Crippen LogP contribution >= 0.6 is 11.3 Å². The van der Waals surface area contributed by atoms with E-state index in [9.17, 15) is 22.8 Å². The van der Waals surface area contributed by atoms with E-state index in [0.717, 1.165) is 16.9 Å². The SMILES string of the molecule is CC(C)c1[nH]c(=O)c2nc(N3CCCC3C(=O)NCc3ccccc3)sc2c1C(F)(F)F. The van der Waals surface area contributed by atoms with Gasteiger partial charge < -0.3 is 15.2 Å². The number of nitrogens with zero attached hydrogens (tertiary/aromatic N) is 2. The second-order valence-corrected chi connectivity index (χ2v) is 9.10. The first-order valence-corrected chi connectivity index (χ1v) is 11.2. The maximum absolute atomic E-state index is 13.9. The molecule has 170 valence electrons. The highest BCUT2D eigenvalue weighted by molar-refractivity contribution is 7.22. The van der Waals surface area contributed by atoms with Crippen LogP contribution in [0.4, 0.5) is 18.3 Å². The molecule has 2 aromatic heterocycles. The average Bonchev–Trinajstić information content (AvgIpc) is 3.39. The minimum atomic E-state index is -4.64. The van der Waals surface area contributed by atoms with E-state index in [1.807, 2.05) is 30.3 Å². The lowest BCUT2D eigenvalue weighted by Gasteiger charge is -2.23. The molecule has 0 aliphatic carbocycles. The van der Waals surface area contributed by atoms with Crippen molar-refractivity contribution in [1.29, 1.82) is 0 Å². The van der Waals surface area contributed by atoms with Crippen molar-refractivity contribution in [2.45, 2.75) is 51.4 Å². The molecule has 1 aliphatic heterocycles. The molecule has 3 heterocycles. The molecule has 1 aromatic carbocycles. The summed E-state index contributed by atoms with van der Waals surface area (Å²) in [6, 6.07) is 8.91. The molecule has 4 rings (SSSR count). The lowest BCUT2D eigenvalue weighted by Crippen LogP contribution is -2.43. The van der Waals surface area contributed by atoms with E-state index >= 15 is 0 Å². The number of pyridine rings is 1. The number of fused-ring (bicyclic) bond motifs is 1. The van der Waals surface area contributed by atoms with Gasteiger partial charge in [-0.2, -0.15) is 13.2 Å². The number of H-pyrrole nitrogens is 1. The summed E-state index contributed by atoms with van der Waals surface area (Å²) < 4.78 is 41.5. The summed E-state index contributed by atoms with van der Waals surface area (Å²) >= 11 is 0.824. The van der Waals surface area contributed by atoms with Gasteiger partial charge in [-0.25, -0.2) is 4.98 Å². The lowest BCUT2D eigenvalue weighted by molar-refractivity contribution is -0.137. The third-order valence-corrected chi connectivity index (χ3v) is 6.66. The normalized spacial score (nSPS) is 16.8. The lowest BCUT2D eigenvalue weighted by atomic mass is 10.0. The number of hydrogen-bond acceptors (Lipinski definition) is 5. The van der Waals surface area contributed by atoms with Gasteiger partial charge in [0.2, 0.25) is 5.91 Å². The summed E-state index contributed by atoms with van der Waals surface area (Å²) in [5.41, 5.74) is -0.938. The first-order chi connectivity index (χ1) is 15.2. The number of aromatic amines is 1. The molecule has 1 unspecified atom stereocenters. The van der Waals surface area contributed by atoms with Gasteiger partial charge in [0, 0.05) is 18.8 Å². The summed E-state index contributed by atoms with van der Waals surface area (Å²) in [7, 11) is 0. The van der Waals surface area contributed by atoms with Crippen molar-refractivity contribution in [3.05, 3.63) is 57.5 Å². The third-order valence-electron chi connectivity index (χ3n) is 5.55. The van der Waals surface area contributed by atoms with Gasteiger partial charge in [-0.05, 0) is 24.3 Å². The molecule has 32 heavy (non-hydrogen) atoms. The van der Waals surface area contributed by atoms with Crippen molar-refractivity contribution < 1.29 is 18.0 Å². The van der Waals surface area contributed by atoms with Crippen LogP contribution in [0.25, 0.3) is 10.2 Å². The Labute approximate surface area is 186 Å². The number of amides is 1. The molecule has 3 aromatic rings. The highest BCUT2D eigenvalue weighted by atomic mass is 32.1. The maximum Gasteiger partial charge on any atom is 0.419 e. The van der Waals surface area contributed by atoms with Gasteiger partial charge in [0.25, 0.3) is 5.56 Å². The van der Waals surface area contributed by atoms with Gasteiger partial charge in [-0.3, -0.25) is 9.59 Å². The van der Waals surface area contributed by atoms with E-state index < -0.39 is 29.3 Å². The van der Waals surface area contributed by atoms with E-state index in [1.54, 1.807) is 18.7 Å². The first-order valence-electron chi connectivity index (χ1n) is 10.4. The number of alkyl halides is 3. The number of benzene rings is 1. The smallest absolute Gasteiger partial charge is 0.350 e.